The van der Waals surface area contributed by atoms with E-state index >= 15 is 0 Å². The van der Waals surface area contributed by atoms with Crippen LogP contribution in [0, 0.1) is 46.3 Å². The summed E-state index contributed by atoms with van der Waals surface area (Å²) >= 11 is 0. The molecule has 0 amide bonds. The summed E-state index contributed by atoms with van der Waals surface area (Å²) in [5.74, 6) is 5.88. The Kier molecular flexibility index (Phi) is 6.79. The lowest BCUT2D eigenvalue weighted by Crippen LogP contribution is -2.55. The Hall–Kier alpha value is -1.13. The molecule has 0 saturated heterocycles. The molecule has 0 radical (unpaired) electrons. The highest BCUT2D eigenvalue weighted by Gasteiger charge is 2.60. The van der Waals surface area contributed by atoms with E-state index in [9.17, 15) is 0 Å². The van der Waals surface area contributed by atoms with Gasteiger partial charge < -0.3 is 15.8 Å². The van der Waals surface area contributed by atoms with E-state index in [0.717, 1.165) is 55.2 Å². The fourth-order valence-electron chi connectivity index (χ4n) is 9.47. The van der Waals surface area contributed by atoms with E-state index in [1.807, 2.05) is 24.4 Å². The first kappa shape index (κ1) is 23.6. The molecule has 33 heavy (non-hydrogen) atoms. The molecule has 4 heteroatoms. The molecule has 0 spiro atoms. The van der Waals surface area contributed by atoms with Crippen LogP contribution < -0.4 is 15.8 Å². The molecule has 4 nitrogen and oxygen atoms in total. The molecular weight excluding hydrogens is 406 g/mol. The van der Waals surface area contributed by atoms with Crippen LogP contribution in [0.5, 0.6) is 5.88 Å². The van der Waals surface area contributed by atoms with E-state index in [0.29, 0.717) is 22.8 Å². The monoisotopic (exact) mass is 453 g/mol. The van der Waals surface area contributed by atoms with Crippen molar-refractivity contribution in [1.82, 2.24) is 10.3 Å². The highest BCUT2D eigenvalue weighted by Crippen LogP contribution is 2.68. The first-order valence-electron chi connectivity index (χ1n) is 13.9. The number of hydrogen-bond acceptors (Lipinski definition) is 4. The third-order valence-electron chi connectivity index (χ3n) is 11.1. The van der Waals surface area contributed by atoms with Gasteiger partial charge in [0.1, 0.15) is 0 Å². The SMILES string of the molecule is C[C@@H](COc1ccccn1)C1CCC2C3CC[C@@H]4C[C@@H](NCCN)CC[C@]4(C)C3CC[C@@]21C. The Morgan fingerprint density at radius 2 is 1.88 bits per heavy atom. The molecule has 4 unspecified atom stereocenters. The van der Waals surface area contributed by atoms with Crippen molar-refractivity contribution in [2.45, 2.75) is 84.6 Å². The first-order valence-corrected chi connectivity index (χ1v) is 13.9. The van der Waals surface area contributed by atoms with E-state index in [2.05, 4.69) is 31.1 Å². The second-order valence-corrected chi connectivity index (χ2v) is 12.6. The predicted octanol–water partition coefficient (Wildman–Crippen LogP) is 5.67. The number of ether oxygens (including phenoxy) is 1. The van der Waals surface area contributed by atoms with Gasteiger partial charge in [-0.3, -0.25) is 0 Å². The second kappa shape index (κ2) is 9.49. The summed E-state index contributed by atoms with van der Waals surface area (Å²) < 4.78 is 6.11. The molecule has 4 aliphatic rings. The third-order valence-corrected chi connectivity index (χ3v) is 11.1. The topological polar surface area (TPSA) is 60.2 Å². The fraction of sp³-hybridized carbons (Fsp3) is 0.828. The maximum atomic E-state index is 6.11. The Balaban J connectivity index is 1.25. The number of nitrogens with two attached hydrogens (primary N) is 1. The quantitative estimate of drug-likeness (QED) is 0.558. The van der Waals surface area contributed by atoms with Gasteiger partial charge in [0.05, 0.1) is 6.61 Å². The zero-order valence-corrected chi connectivity index (χ0v) is 21.3. The molecule has 0 aromatic carbocycles. The molecule has 1 aromatic rings. The molecule has 0 bridgehead atoms. The van der Waals surface area contributed by atoms with E-state index in [-0.39, 0.29) is 0 Å². The molecule has 184 valence electrons. The molecule has 1 aromatic heterocycles. The molecule has 3 N–H and O–H groups in total. The van der Waals surface area contributed by atoms with Gasteiger partial charge >= 0.3 is 0 Å². The van der Waals surface area contributed by atoms with Gasteiger partial charge in [-0.05, 0) is 110 Å². The van der Waals surface area contributed by atoms with Crippen molar-refractivity contribution in [2.24, 2.45) is 52.1 Å². The van der Waals surface area contributed by atoms with Crippen molar-refractivity contribution < 1.29 is 4.74 Å². The minimum absolute atomic E-state index is 0.497. The molecule has 0 aliphatic heterocycles. The molecule has 4 fully saturated rings. The van der Waals surface area contributed by atoms with E-state index in [4.69, 9.17) is 10.5 Å². The molecule has 5 rings (SSSR count). The van der Waals surface area contributed by atoms with Gasteiger partial charge in [0.2, 0.25) is 5.88 Å². The van der Waals surface area contributed by atoms with Crippen molar-refractivity contribution in [3.63, 3.8) is 0 Å². The lowest BCUT2D eigenvalue weighted by Gasteiger charge is -2.61. The maximum absolute atomic E-state index is 6.11. The average Bonchev–Trinajstić information content (AvgIpc) is 3.19. The minimum atomic E-state index is 0.497. The van der Waals surface area contributed by atoms with Crippen LogP contribution in [-0.2, 0) is 0 Å². The zero-order valence-electron chi connectivity index (χ0n) is 21.3. The Bertz CT molecular complexity index is 786. The summed E-state index contributed by atoms with van der Waals surface area (Å²) in [6.07, 6.45) is 14.6. The van der Waals surface area contributed by atoms with E-state index in [1.54, 1.807) is 0 Å². The van der Waals surface area contributed by atoms with Crippen LogP contribution in [0.15, 0.2) is 24.4 Å². The van der Waals surface area contributed by atoms with Gasteiger partial charge in [0.25, 0.3) is 0 Å². The number of hydrogen-bond donors (Lipinski definition) is 2. The van der Waals surface area contributed by atoms with Crippen LogP contribution in [0.4, 0.5) is 0 Å². The van der Waals surface area contributed by atoms with Gasteiger partial charge in [0, 0.05) is 31.4 Å². The largest absolute Gasteiger partial charge is 0.477 e. The summed E-state index contributed by atoms with van der Waals surface area (Å²) in [7, 11) is 0. The normalized spacial score (nSPS) is 43.3. The standard InChI is InChI=1S/C29H47N3O/c1-20(19-33-27-6-4-5-16-32-27)24-9-10-25-23-8-7-21-18-22(31-17-15-30)11-13-28(21,2)26(23)12-14-29(24,25)3/h4-6,16,20-26,31H,7-15,17-19,30H2,1-3H3/t20-,21+,22-,23?,24?,25?,26?,28-,29+/m0/s1. The lowest BCUT2D eigenvalue weighted by molar-refractivity contribution is -0.118. The van der Waals surface area contributed by atoms with E-state index in [1.165, 1.54) is 57.8 Å². The average molecular weight is 454 g/mol. The Labute approximate surface area is 201 Å². The molecule has 9 atom stereocenters. The number of nitrogens with zero attached hydrogens (tertiary/aromatic N) is 1. The number of aromatic nitrogens is 1. The number of rotatable bonds is 7. The summed E-state index contributed by atoms with van der Waals surface area (Å²) in [5, 5.41) is 3.74. The van der Waals surface area contributed by atoms with Gasteiger partial charge in [-0.1, -0.05) is 26.8 Å². The summed E-state index contributed by atoms with van der Waals surface area (Å²) in [6, 6.07) is 6.65. The number of pyridine rings is 1. The van der Waals surface area contributed by atoms with Gasteiger partial charge in [-0.15, -0.1) is 0 Å². The molecular formula is C29H47N3O. The summed E-state index contributed by atoms with van der Waals surface area (Å²) in [6.45, 7) is 10.3. The predicted molar refractivity (Wildman–Crippen MR) is 135 cm³/mol. The van der Waals surface area contributed by atoms with Crippen LogP contribution in [0.2, 0.25) is 0 Å². The van der Waals surface area contributed by atoms with Crippen molar-refractivity contribution in [3.8, 4) is 5.88 Å². The maximum Gasteiger partial charge on any atom is 0.213 e. The van der Waals surface area contributed by atoms with Crippen molar-refractivity contribution in [1.29, 1.82) is 0 Å². The highest BCUT2D eigenvalue weighted by atomic mass is 16.5. The van der Waals surface area contributed by atoms with Crippen LogP contribution in [-0.4, -0.2) is 30.7 Å². The zero-order chi connectivity index (χ0) is 23.1. The van der Waals surface area contributed by atoms with Gasteiger partial charge in [0.15, 0.2) is 0 Å². The van der Waals surface area contributed by atoms with Crippen molar-refractivity contribution in [3.05, 3.63) is 24.4 Å². The first-order chi connectivity index (χ1) is 16.0. The molecule has 4 saturated carbocycles. The summed E-state index contributed by atoms with van der Waals surface area (Å²) in [5.41, 5.74) is 6.82. The van der Waals surface area contributed by atoms with Crippen LogP contribution in [0.3, 0.4) is 0 Å². The Morgan fingerprint density at radius 3 is 2.67 bits per heavy atom. The lowest BCUT2D eigenvalue weighted by atomic mass is 9.44. The highest BCUT2D eigenvalue weighted by molar-refractivity contribution is 5.11. The molecule has 4 aliphatic carbocycles. The van der Waals surface area contributed by atoms with Crippen LogP contribution >= 0.6 is 0 Å². The van der Waals surface area contributed by atoms with Crippen molar-refractivity contribution >= 4 is 0 Å². The minimum Gasteiger partial charge on any atom is -0.477 e. The molecule has 1 heterocycles. The van der Waals surface area contributed by atoms with Crippen molar-refractivity contribution in [2.75, 3.05) is 19.7 Å². The fourth-order valence-corrected chi connectivity index (χ4v) is 9.47. The second-order valence-electron chi connectivity index (χ2n) is 12.6. The van der Waals surface area contributed by atoms with E-state index < -0.39 is 0 Å². The summed E-state index contributed by atoms with van der Waals surface area (Å²) in [4.78, 5) is 4.36. The van der Waals surface area contributed by atoms with Crippen LogP contribution in [0.25, 0.3) is 0 Å². The Morgan fingerprint density at radius 1 is 1.06 bits per heavy atom. The van der Waals surface area contributed by atoms with Gasteiger partial charge in [-0.2, -0.15) is 0 Å². The van der Waals surface area contributed by atoms with Gasteiger partial charge in [-0.25, -0.2) is 4.98 Å². The third kappa shape index (κ3) is 4.24. The number of fused-ring (bicyclic) bond motifs is 5. The number of nitrogens with one attached hydrogen (secondary N) is 1. The smallest absolute Gasteiger partial charge is 0.213 e. The van der Waals surface area contributed by atoms with Crippen LogP contribution in [0.1, 0.15) is 78.6 Å².